The lowest BCUT2D eigenvalue weighted by Gasteiger charge is -2.06. The van der Waals surface area contributed by atoms with Crippen molar-refractivity contribution in [1.82, 2.24) is 0 Å². The first kappa shape index (κ1) is 14.8. The topological polar surface area (TPSA) is 26.3 Å². The highest BCUT2D eigenvalue weighted by atomic mass is 32.2. The lowest BCUT2D eigenvalue weighted by molar-refractivity contribution is -0.134. The van der Waals surface area contributed by atoms with Crippen molar-refractivity contribution >= 4 is 17.7 Å². The van der Waals surface area contributed by atoms with Crippen LogP contribution >= 0.6 is 11.8 Å². The zero-order valence-corrected chi connectivity index (χ0v) is 11.8. The van der Waals surface area contributed by atoms with Crippen LogP contribution in [0.3, 0.4) is 0 Å². The lowest BCUT2D eigenvalue weighted by atomic mass is 10.2. The maximum absolute atomic E-state index is 11.3. The zero-order valence-electron chi connectivity index (χ0n) is 11.0. The van der Waals surface area contributed by atoms with Crippen LogP contribution in [0, 0.1) is 0 Å². The van der Waals surface area contributed by atoms with E-state index in [2.05, 4.69) is 19.1 Å². The first-order chi connectivity index (χ1) is 8.76. The average molecular weight is 264 g/mol. The average Bonchev–Trinajstić information content (AvgIpc) is 2.40. The Morgan fingerprint density at radius 3 is 2.61 bits per heavy atom. The fourth-order valence-electron chi connectivity index (χ4n) is 1.53. The largest absolute Gasteiger partial charge is 0.466 e. The summed E-state index contributed by atoms with van der Waals surface area (Å²) < 4.78 is 4.70. The lowest BCUT2D eigenvalue weighted by Crippen LogP contribution is -1.96. The Bertz CT molecular complexity index is 385. The summed E-state index contributed by atoms with van der Waals surface area (Å²) in [7, 11) is 1.41. The van der Waals surface area contributed by atoms with Crippen molar-refractivity contribution in [2.24, 2.45) is 0 Å². The molecule has 0 spiro atoms. The molecule has 18 heavy (non-hydrogen) atoms. The minimum Gasteiger partial charge on any atom is -0.466 e. The number of hydrogen-bond acceptors (Lipinski definition) is 3. The second-order valence-electron chi connectivity index (χ2n) is 4.01. The van der Waals surface area contributed by atoms with E-state index in [0.717, 1.165) is 22.6 Å². The van der Waals surface area contributed by atoms with Gasteiger partial charge in [-0.3, -0.25) is 0 Å². The number of thioether (sulfide) groups is 1. The van der Waals surface area contributed by atoms with Crippen LogP contribution in [0.2, 0.25) is 0 Å². The van der Waals surface area contributed by atoms with Crippen LogP contribution in [0.15, 0.2) is 46.2 Å². The second kappa shape index (κ2) is 8.81. The van der Waals surface area contributed by atoms with Crippen molar-refractivity contribution < 1.29 is 9.53 Å². The predicted molar refractivity (Wildman–Crippen MR) is 76.5 cm³/mol. The molecule has 0 amide bonds. The third-order valence-corrected chi connectivity index (χ3v) is 3.59. The summed E-state index contributed by atoms with van der Waals surface area (Å²) in [5.74, 6) is -0.273. The Hall–Kier alpha value is -1.22. The molecule has 0 saturated heterocycles. The number of unbranched alkanes of at least 4 members (excludes halogenated alkanes) is 2. The van der Waals surface area contributed by atoms with Crippen molar-refractivity contribution in [3.8, 4) is 0 Å². The maximum Gasteiger partial charge on any atom is 0.331 e. The van der Waals surface area contributed by atoms with Gasteiger partial charge < -0.3 is 4.74 Å². The molecule has 0 heterocycles. The summed E-state index contributed by atoms with van der Waals surface area (Å²) in [6, 6.07) is 10.1. The molecule has 0 N–H and O–H groups in total. The van der Waals surface area contributed by atoms with Gasteiger partial charge in [-0.05, 0) is 29.9 Å². The van der Waals surface area contributed by atoms with Crippen LogP contribution < -0.4 is 0 Å². The summed E-state index contributed by atoms with van der Waals surface area (Å²) >= 11 is 1.64. The summed E-state index contributed by atoms with van der Waals surface area (Å²) in [6.45, 7) is 2.17. The van der Waals surface area contributed by atoms with E-state index in [4.69, 9.17) is 4.74 Å². The number of benzene rings is 1. The van der Waals surface area contributed by atoms with E-state index >= 15 is 0 Å². The third kappa shape index (κ3) is 5.92. The smallest absolute Gasteiger partial charge is 0.331 e. The Balaban J connectivity index is 2.65. The predicted octanol–water partition coefficient (Wildman–Crippen LogP) is 4.42. The normalized spacial score (nSPS) is 11.3. The highest BCUT2D eigenvalue weighted by Gasteiger charge is 2.04. The van der Waals surface area contributed by atoms with Crippen LogP contribution in [0.5, 0.6) is 0 Å². The fraction of sp³-hybridized carbons (Fsp3) is 0.400. The SMILES string of the molecule is CCCCC/C(=C\C(=O)OC)Sc1ccccc1. The fourth-order valence-corrected chi connectivity index (χ4v) is 2.53. The van der Waals surface area contributed by atoms with Gasteiger partial charge in [0.15, 0.2) is 0 Å². The van der Waals surface area contributed by atoms with E-state index in [1.165, 1.54) is 20.0 Å². The summed E-state index contributed by atoms with van der Waals surface area (Å²) in [5.41, 5.74) is 0. The number of methoxy groups -OCH3 is 1. The molecule has 3 heteroatoms. The molecule has 0 atom stereocenters. The molecule has 0 radical (unpaired) electrons. The van der Waals surface area contributed by atoms with E-state index in [1.807, 2.05) is 18.2 Å². The van der Waals surface area contributed by atoms with Gasteiger partial charge in [-0.25, -0.2) is 4.79 Å². The number of ether oxygens (including phenoxy) is 1. The zero-order chi connectivity index (χ0) is 13.2. The molecule has 1 rings (SSSR count). The van der Waals surface area contributed by atoms with Gasteiger partial charge in [0.25, 0.3) is 0 Å². The first-order valence-electron chi connectivity index (χ1n) is 6.27. The van der Waals surface area contributed by atoms with Gasteiger partial charge in [-0.2, -0.15) is 0 Å². The molecule has 0 bridgehead atoms. The quantitative estimate of drug-likeness (QED) is 0.316. The van der Waals surface area contributed by atoms with Crippen molar-refractivity contribution in [2.45, 2.75) is 37.5 Å². The van der Waals surface area contributed by atoms with Crippen LogP contribution in [0.25, 0.3) is 0 Å². The number of esters is 1. The molecule has 98 valence electrons. The Morgan fingerprint density at radius 1 is 1.28 bits per heavy atom. The highest BCUT2D eigenvalue weighted by Crippen LogP contribution is 2.30. The minimum atomic E-state index is -0.273. The number of hydrogen-bond donors (Lipinski definition) is 0. The number of allylic oxidation sites excluding steroid dienone is 1. The molecular formula is C15H20O2S. The molecule has 0 aliphatic heterocycles. The monoisotopic (exact) mass is 264 g/mol. The Labute approximate surface area is 113 Å². The van der Waals surface area contributed by atoms with Gasteiger partial charge in [0.2, 0.25) is 0 Å². The summed E-state index contributed by atoms with van der Waals surface area (Å²) in [6.07, 6.45) is 6.02. The van der Waals surface area contributed by atoms with E-state index in [-0.39, 0.29) is 5.97 Å². The number of carbonyl (C=O) groups excluding carboxylic acids is 1. The summed E-state index contributed by atoms with van der Waals surface area (Å²) in [4.78, 5) is 13.6. The van der Waals surface area contributed by atoms with E-state index in [9.17, 15) is 4.79 Å². The van der Waals surface area contributed by atoms with Crippen LogP contribution in [0.1, 0.15) is 32.6 Å². The number of carbonyl (C=O) groups is 1. The van der Waals surface area contributed by atoms with Crippen molar-refractivity contribution in [2.75, 3.05) is 7.11 Å². The first-order valence-corrected chi connectivity index (χ1v) is 7.09. The molecule has 1 aromatic rings. The maximum atomic E-state index is 11.3. The van der Waals surface area contributed by atoms with Crippen molar-refractivity contribution in [3.05, 3.63) is 41.3 Å². The number of rotatable bonds is 7. The minimum absolute atomic E-state index is 0.273. The standard InChI is InChI=1S/C15H20O2S/c1-3-4-6-11-14(12-15(16)17-2)18-13-9-7-5-8-10-13/h5,7-10,12H,3-4,6,11H2,1-2H3/b14-12+. The molecule has 0 aromatic heterocycles. The summed E-state index contributed by atoms with van der Waals surface area (Å²) in [5, 5.41) is 0. The molecular weight excluding hydrogens is 244 g/mol. The van der Waals surface area contributed by atoms with Gasteiger partial charge in [-0.15, -0.1) is 0 Å². The van der Waals surface area contributed by atoms with Gasteiger partial charge in [0.05, 0.1) is 7.11 Å². The molecule has 0 unspecified atom stereocenters. The molecule has 1 aromatic carbocycles. The van der Waals surface area contributed by atoms with Gasteiger partial charge in [0.1, 0.15) is 0 Å². The second-order valence-corrected chi connectivity index (χ2v) is 5.21. The van der Waals surface area contributed by atoms with Gasteiger partial charge in [0, 0.05) is 11.0 Å². The van der Waals surface area contributed by atoms with Crippen LogP contribution in [-0.2, 0) is 9.53 Å². The molecule has 2 nitrogen and oxygen atoms in total. The molecule has 0 saturated carbocycles. The van der Waals surface area contributed by atoms with Crippen LogP contribution in [0.4, 0.5) is 0 Å². The third-order valence-electron chi connectivity index (χ3n) is 2.50. The van der Waals surface area contributed by atoms with Crippen molar-refractivity contribution in [1.29, 1.82) is 0 Å². The van der Waals surface area contributed by atoms with Crippen LogP contribution in [-0.4, -0.2) is 13.1 Å². The van der Waals surface area contributed by atoms with Gasteiger partial charge in [-0.1, -0.05) is 49.7 Å². The van der Waals surface area contributed by atoms with E-state index in [1.54, 1.807) is 17.8 Å². The molecule has 0 fully saturated rings. The molecule has 0 aliphatic carbocycles. The van der Waals surface area contributed by atoms with E-state index < -0.39 is 0 Å². The molecule has 0 aliphatic rings. The van der Waals surface area contributed by atoms with E-state index in [0.29, 0.717) is 0 Å². The Morgan fingerprint density at radius 2 is 2.00 bits per heavy atom. The Kier molecular flexibility index (Phi) is 7.26. The van der Waals surface area contributed by atoms with Gasteiger partial charge >= 0.3 is 5.97 Å². The highest BCUT2D eigenvalue weighted by molar-refractivity contribution is 8.03. The van der Waals surface area contributed by atoms with Crippen molar-refractivity contribution in [3.63, 3.8) is 0 Å².